The van der Waals surface area contributed by atoms with Gasteiger partial charge in [0.1, 0.15) is 9.84 Å². The lowest BCUT2D eigenvalue weighted by Crippen LogP contribution is -2.09. The SMILES string of the molecule is CS(=O)(=O)CCn1ccc(CCN)c1. The van der Waals surface area contributed by atoms with Gasteiger partial charge in [-0.3, -0.25) is 0 Å². The molecule has 0 radical (unpaired) electrons. The first-order chi connectivity index (χ1) is 6.51. The summed E-state index contributed by atoms with van der Waals surface area (Å²) >= 11 is 0. The molecule has 0 spiro atoms. The zero-order valence-electron chi connectivity index (χ0n) is 8.31. The molecular formula is C9H16N2O2S. The minimum absolute atomic E-state index is 0.184. The molecule has 0 aliphatic carbocycles. The van der Waals surface area contributed by atoms with Crippen LogP contribution in [0, 0.1) is 0 Å². The van der Waals surface area contributed by atoms with Gasteiger partial charge in [-0.05, 0) is 24.6 Å². The van der Waals surface area contributed by atoms with Crippen molar-refractivity contribution in [3.05, 3.63) is 24.0 Å². The molecule has 0 saturated heterocycles. The smallest absolute Gasteiger partial charge is 0.149 e. The van der Waals surface area contributed by atoms with E-state index in [1.165, 1.54) is 6.26 Å². The van der Waals surface area contributed by atoms with Crippen LogP contribution in [-0.2, 0) is 22.8 Å². The summed E-state index contributed by atoms with van der Waals surface area (Å²) in [6.07, 6.45) is 5.91. The highest BCUT2D eigenvalue weighted by Crippen LogP contribution is 2.02. The topological polar surface area (TPSA) is 65.1 Å². The van der Waals surface area contributed by atoms with Gasteiger partial charge in [0.2, 0.25) is 0 Å². The van der Waals surface area contributed by atoms with E-state index >= 15 is 0 Å². The number of aryl methyl sites for hydroxylation is 1. The van der Waals surface area contributed by atoms with Crippen molar-refractivity contribution in [2.45, 2.75) is 13.0 Å². The van der Waals surface area contributed by atoms with Crippen molar-refractivity contribution in [3.8, 4) is 0 Å². The Kier molecular flexibility index (Phi) is 3.71. The summed E-state index contributed by atoms with van der Waals surface area (Å²) in [6.45, 7) is 1.14. The Morgan fingerprint density at radius 3 is 2.79 bits per heavy atom. The first kappa shape index (κ1) is 11.3. The maximum Gasteiger partial charge on any atom is 0.149 e. The second kappa shape index (κ2) is 4.61. The minimum atomic E-state index is -2.87. The predicted molar refractivity (Wildman–Crippen MR) is 56.9 cm³/mol. The molecule has 0 fully saturated rings. The third-order valence-corrected chi connectivity index (χ3v) is 2.89. The largest absolute Gasteiger partial charge is 0.353 e. The van der Waals surface area contributed by atoms with E-state index in [-0.39, 0.29) is 5.75 Å². The summed E-state index contributed by atoms with van der Waals surface area (Å²) in [7, 11) is -2.87. The monoisotopic (exact) mass is 216 g/mol. The Balaban J connectivity index is 2.52. The van der Waals surface area contributed by atoms with E-state index in [9.17, 15) is 8.42 Å². The molecule has 4 nitrogen and oxygen atoms in total. The zero-order chi connectivity index (χ0) is 10.6. The van der Waals surface area contributed by atoms with Crippen LogP contribution in [0.15, 0.2) is 18.5 Å². The van der Waals surface area contributed by atoms with Crippen LogP contribution >= 0.6 is 0 Å². The van der Waals surface area contributed by atoms with E-state index in [0.29, 0.717) is 13.1 Å². The van der Waals surface area contributed by atoms with Crippen molar-refractivity contribution in [2.24, 2.45) is 5.73 Å². The van der Waals surface area contributed by atoms with Gasteiger partial charge in [-0.1, -0.05) is 0 Å². The molecule has 1 heterocycles. The summed E-state index contributed by atoms with van der Waals surface area (Å²) in [6, 6.07) is 1.97. The molecule has 2 N–H and O–H groups in total. The van der Waals surface area contributed by atoms with E-state index < -0.39 is 9.84 Å². The minimum Gasteiger partial charge on any atom is -0.353 e. The number of rotatable bonds is 5. The Hall–Kier alpha value is -0.810. The maximum atomic E-state index is 10.9. The summed E-state index contributed by atoms with van der Waals surface area (Å²) in [5.41, 5.74) is 6.56. The summed E-state index contributed by atoms with van der Waals surface area (Å²) in [4.78, 5) is 0. The average Bonchev–Trinajstić information content (AvgIpc) is 2.49. The number of aromatic nitrogens is 1. The van der Waals surface area contributed by atoms with E-state index in [1.54, 1.807) is 0 Å². The van der Waals surface area contributed by atoms with Crippen molar-refractivity contribution >= 4 is 9.84 Å². The fourth-order valence-electron chi connectivity index (χ4n) is 1.22. The van der Waals surface area contributed by atoms with Gasteiger partial charge in [0.05, 0.1) is 5.75 Å². The first-order valence-corrected chi connectivity index (χ1v) is 6.60. The van der Waals surface area contributed by atoms with Gasteiger partial charge in [-0.25, -0.2) is 8.42 Å². The van der Waals surface area contributed by atoms with E-state index in [1.807, 2.05) is 23.0 Å². The molecule has 0 atom stereocenters. The highest BCUT2D eigenvalue weighted by atomic mass is 32.2. The first-order valence-electron chi connectivity index (χ1n) is 4.54. The molecule has 0 aromatic carbocycles. The van der Waals surface area contributed by atoms with E-state index in [4.69, 9.17) is 5.73 Å². The van der Waals surface area contributed by atoms with Gasteiger partial charge in [0, 0.05) is 25.2 Å². The Morgan fingerprint density at radius 1 is 1.50 bits per heavy atom. The van der Waals surface area contributed by atoms with Gasteiger partial charge < -0.3 is 10.3 Å². The number of nitrogens with two attached hydrogens (primary N) is 1. The average molecular weight is 216 g/mol. The molecule has 1 rings (SSSR count). The molecule has 5 heteroatoms. The van der Waals surface area contributed by atoms with Crippen LogP contribution in [0.4, 0.5) is 0 Å². The van der Waals surface area contributed by atoms with Crippen LogP contribution in [0.1, 0.15) is 5.56 Å². The molecule has 80 valence electrons. The lowest BCUT2D eigenvalue weighted by atomic mass is 10.2. The molecular weight excluding hydrogens is 200 g/mol. The maximum absolute atomic E-state index is 10.9. The van der Waals surface area contributed by atoms with Crippen molar-refractivity contribution in [1.82, 2.24) is 4.57 Å². The van der Waals surface area contributed by atoms with Crippen LogP contribution in [-0.4, -0.2) is 31.5 Å². The second-order valence-electron chi connectivity index (χ2n) is 3.43. The van der Waals surface area contributed by atoms with Gasteiger partial charge in [0.25, 0.3) is 0 Å². The molecule has 0 amide bonds. The molecule has 0 aliphatic rings. The third-order valence-electron chi connectivity index (χ3n) is 1.97. The zero-order valence-corrected chi connectivity index (χ0v) is 9.13. The molecule has 1 aromatic heterocycles. The van der Waals surface area contributed by atoms with Crippen LogP contribution in [0.2, 0.25) is 0 Å². The fraction of sp³-hybridized carbons (Fsp3) is 0.556. The second-order valence-corrected chi connectivity index (χ2v) is 5.69. The lowest BCUT2D eigenvalue weighted by Gasteiger charge is -2.00. The van der Waals surface area contributed by atoms with Crippen molar-refractivity contribution < 1.29 is 8.42 Å². The lowest BCUT2D eigenvalue weighted by molar-refractivity contribution is 0.594. The summed E-state index contributed by atoms with van der Waals surface area (Å²) in [5, 5.41) is 0. The number of hydrogen-bond acceptors (Lipinski definition) is 3. The molecule has 14 heavy (non-hydrogen) atoms. The Labute approximate surface area is 84.6 Å². The molecule has 0 aliphatic heterocycles. The summed E-state index contributed by atoms with van der Waals surface area (Å²) in [5.74, 6) is 0.184. The third kappa shape index (κ3) is 3.93. The van der Waals surface area contributed by atoms with Gasteiger partial charge in [-0.15, -0.1) is 0 Å². The molecule has 0 saturated carbocycles. The molecule has 1 aromatic rings. The highest BCUT2D eigenvalue weighted by molar-refractivity contribution is 7.90. The predicted octanol–water partition coefficient (Wildman–Crippen LogP) is 0.0339. The number of nitrogens with zero attached hydrogens (tertiary/aromatic N) is 1. The molecule has 0 bridgehead atoms. The number of hydrogen-bond donors (Lipinski definition) is 1. The normalized spacial score (nSPS) is 11.9. The van der Waals surface area contributed by atoms with Crippen LogP contribution < -0.4 is 5.73 Å². The van der Waals surface area contributed by atoms with Crippen molar-refractivity contribution in [3.63, 3.8) is 0 Å². The summed E-state index contributed by atoms with van der Waals surface area (Å²) < 4.78 is 23.7. The Bertz CT molecular complexity index is 381. The molecule has 0 unspecified atom stereocenters. The van der Waals surface area contributed by atoms with Gasteiger partial charge >= 0.3 is 0 Å². The van der Waals surface area contributed by atoms with E-state index in [2.05, 4.69) is 0 Å². The standard InChI is InChI=1S/C9H16N2O2S/c1-14(12,13)7-6-11-5-3-9(8-11)2-4-10/h3,5,8H,2,4,6-7,10H2,1H3. The Morgan fingerprint density at radius 2 is 2.21 bits per heavy atom. The van der Waals surface area contributed by atoms with Gasteiger partial charge in [0.15, 0.2) is 0 Å². The van der Waals surface area contributed by atoms with Crippen molar-refractivity contribution in [1.29, 1.82) is 0 Å². The number of sulfone groups is 1. The van der Waals surface area contributed by atoms with Crippen LogP contribution in [0.5, 0.6) is 0 Å². The quantitative estimate of drug-likeness (QED) is 0.755. The van der Waals surface area contributed by atoms with Crippen LogP contribution in [0.25, 0.3) is 0 Å². The highest BCUT2D eigenvalue weighted by Gasteiger charge is 2.02. The van der Waals surface area contributed by atoms with Crippen LogP contribution in [0.3, 0.4) is 0 Å². The van der Waals surface area contributed by atoms with Crippen molar-refractivity contribution in [2.75, 3.05) is 18.6 Å². The van der Waals surface area contributed by atoms with E-state index in [0.717, 1.165) is 12.0 Å². The fourth-order valence-corrected chi connectivity index (χ4v) is 1.76. The van der Waals surface area contributed by atoms with Gasteiger partial charge in [-0.2, -0.15) is 0 Å².